The number of nitrogens with one attached hydrogen (secondary N) is 2. The predicted molar refractivity (Wildman–Crippen MR) is 70.8 cm³/mol. The van der Waals surface area contributed by atoms with E-state index in [1.165, 1.54) is 41.0 Å². The molecule has 1 aliphatic rings. The molecule has 0 amide bonds. The maximum Gasteiger partial charge on any atom is 0.0894 e. The van der Waals surface area contributed by atoms with Crippen molar-refractivity contribution >= 4 is 32.3 Å². The van der Waals surface area contributed by atoms with Crippen molar-refractivity contribution in [1.82, 2.24) is 5.32 Å². The highest BCUT2D eigenvalue weighted by Crippen LogP contribution is 2.26. The lowest BCUT2D eigenvalue weighted by Crippen LogP contribution is -2.35. The number of halogens is 1. The molecule has 84 valence electrons. The summed E-state index contributed by atoms with van der Waals surface area (Å²) in [7, 11) is 0. The van der Waals surface area contributed by atoms with E-state index in [0.29, 0.717) is 0 Å². The van der Waals surface area contributed by atoms with E-state index >= 15 is 0 Å². The molecular formula is C11H17BrN2S. The third-order valence-electron chi connectivity index (χ3n) is 2.78. The summed E-state index contributed by atoms with van der Waals surface area (Å²) in [5.74, 6) is 0. The minimum atomic E-state index is 0.731. The Morgan fingerprint density at radius 2 is 2.40 bits per heavy atom. The predicted octanol–water partition coefficient (Wildman–Crippen LogP) is 3.45. The summed E-state index contributed by atoms with van der Waals surface area (Å²) in [4.78, 5) is 0. The molecule has 0 saturated carbocycles. The molecule has 0 aromatic carbocycles. The van der Waals surface area contributed by atoms with Gasteiger partial charge in [-0.05, 0) is 53.9 Å². The summed E-state index contributed by atoms with van der Waals surface area (Å²) in [6.07, 6.45) is 5.31. The lowest BCUT2D eigenvalue weighted by Gasteiger charge is -2.23. The molecule has 1 aromatic rings. The van der Waals surface area contributed by atoms with Gasteiger partial charge in [0.25, 0.3) is 0 Å². The summed E-state index contributed by atoms with van der Waals surface area (Å²) < 4.78 is 1.20. The number of anilines is 1. The first-order chi connectivity index (χ1) is 7.34. The summed E-state index contributed by atoms with van der Waals surface area (Å²) >= 11 is 5.23. The minimum Gasteiger partial charge on any atom is -0.377 e. The first-order valence-corrected chi connectivity index (χ1v) is 7.18. The Hall–Kier alpha value is -0.0600. The van der Waals surface area contributed by atoms with Crippen LogP contribution >= 0.6 is 27.3 Å². The molecular weight excluding hydrogens is 272 g/mol. The Balaban J connectivity index is 1.65. The third kappa shape index (κ3) is 3.78. The fourth-order valence-electron chi connectivity index (χ4n) is 1.95. The highest BCUT2D eigenvalue weighted by atomic mass is 79.9. The lowest BCUT2D eigenvalue weighted by atomic mass is 10.0. The molecule has 4 heteroatoms. The first-order valence-electron chi connectivity index (χ1n) is 5.57. The highest BCUT2D eigenvalue weighted by molar-refractivity contribution is 9.11. The van der Waals surface area contributed by atoms with Crippen LogP contribution in [0.2, 0.25) is 0 Å². The summed E-state index contributed by atoms with van der Waals surface area (Å²) in [5.41, 5.74) is 0. The maximum atomic E-state index is 3.56. The van der Waals surface area contributed by atoms with Crippen molar-refractivity contribution < 1.29 is 0 Å². The second kappa shape index (κ2) is 5.87. The molecule has 0 aliphatic carbocycles. The van der Waals surface area contributed by atoms with Gasteiger partial charge in [0, 0.05) is 12.6 Å². The van der Waals surface area contributed by atoms with Crippen LogP contribution in [0.25, 0.3) is 0 Å². The van der Waals surface area contributed by atoms with E-state index in [9.17, 15) is 0 Å². The largest absolute Gasteiger partial charge is 0.377 e. The Kier molecular flexibility index (Phi) is 4.47. The van der Waals surface area contributed by atoms with Gasteiger partial charge in [-0.2, -0.15) is 0 Å². The van der Waals surface area contributed by atoms with E-state index in [1.54, 1.807) is 11.3 Å². The molecule has 1 aromatic heterocycles. The number of hydrogen-bond acceptors (Lipinski definition) is 3. The summed E-state index contributed by atoms with van der Waals surface area (Å²) in [6.45, 7) is 2.28. The van der Waals surface area contributed by atoms with Crippen molar-refractivity contribution in [3.05, 3.63) is 15.9 Å². The molecule has 1 fully saturated rings. The Morgan fingerprint density at radius 3 is 3.07 bits per heavy atom. The minimum absolute atomic E-state index is 0.731. The van der Waals surface area contributed by atoms with Gasteiger partial charge in [-0.15, -0.1) is 11.3 Å². The van der Waals surface area contributed by atoms with Crippen molar-refractivity contribution in [3.63, 3.8) is 0 Å². The van der Waals surface area contributed by atoms with Gasteiger partial charge in [-0.1, -0.05) is 6.42 Å². The molecule has 1 saturated heterocycles. The zero-order valence-corrected chi connectivity index (χ0v) is 11.2. The fraction of sp³-hybridized carbons (Fsp3) is 0.636. The zero-order chi connectivity index (χ0) is 10.5. The molecule has 0 bridgehead atoms. The topological polar surface area (TPSA) is 24.1 Å². The van der Waals surface area contributed by atoms with Crippen LogP contribution < -0.4 is 10.6 Å². The van der Waals surface area contributed by atoms with Crippen LogP contribution in [0.4, 0.5) is 5.00 Å². The molecule has 2 N–H and O–H groups in total. The van der Waals surface area contributed by atoms with Crippen molar-refractivity contribution in [2.75, 3.05) is 18.4 Å². The zero-order valence-electron chi connectivity index (χ0n) is 8.76. The average molecular weight is 289 g/mol. The van der Waals surface area contributed by atoms with Gasteiger partial charge < -0.3 is 10.6 Å². The molecule has 2 heterocycles. The molecule has 0 spiro atoms. The van der Waals surface area contributed by atoms with Gasteiger partial charge in [0.15, 0.2) is 0 Å². The van der Waals surface area contributed by atoms with Gasteiger partial charge in [0.1, 0.15) is 0 Å². The van der Waals surface area contributed by atoms with Crippen molar-refractivity contribution in [1.29, 1.82) is 0 Å². The molecule has 1 aliphatic heterocycles. The van der Waals surface area contributed by atoms with Crippen LogP contribution in [0.5, 0.6) is 0 Å². The number of hydrogen-bond donors (Lipinski definition) is 2. The van der Waals surface area contributed by atoms with E-state index in [2.05, 4.69) is 38.7 Å². The smallest absolute Gasteiger partial charge is 0.0894 e. The van der Waals surface area contributed by atoms with Crippen LogP contribution in [0.15, 0.2) is 15.9 Å². The van der Waals surface area contributed by atoms with Crippen molar-refractivity contribution in [2.45, 2.75) is 31.7 Å². The van der Waals surface area contributed by atoms with E-state index in [0.717, 1.165) is 12.6 Å². The number of rotatable bonds is 4. The average Bonchev–Trinajstić information content (AvgIpc) is 2.66. The van der Waals surface area contributed by atoms with E-state index in [-0.39, 0.29) is 0 Å². The van der Waals surface area contributed by atoms with Crippen LogP contribution in [-0.2, 0) is 0 Å². The normalized spacial score (nSPS) is 21.5. The first kappa shape index (κ1) is 11.4. The van der Waals surface area contributed by atoms with Crippen LogP contribution in [0.3, 0.4) is 0 Å². The maximum absolute atomic E-state index is 3.56. The van der Waals surface area contributed by atoms with Gasteiger partial charge in [0.05, 0.1) is 8.79 Å². The molecule has 1 unspecified atom stereocenters. The molecule has 2 nitrogen and oxygen atoms in total. The summed E-state index contributed by atoms with van der Waals surface area (Å²) in [6, 6.07) is 4.95. The van der Waals surface area contributed by atoms with Gasteiger partial charge in [-0.25, -0.2) is 0 Å². The number of piperidine rings is 1. The van der Waals surface area contributed by atoms with E-state index in [4.69, 9.17) is 0 Å². The Labute approximate surface area is 104 Å². The molecule has 15 heavy (non-hydrogen) atoms. The Bertz CT molecular complexity index is 295. The molecule has 2 rings (SSSR count). The number of thiophene rings is 1. The fourth-order valence-corrected chi connectivity index (χ4v) is 3.26. The van der Waals surface area contributed by atoms with Crippen molar-refractivity contribution in [2.24, 2.45) is 0 Å². The van der Waals surface area contributed by atoms with Crippen molar-refractivity contribution in [3.8, 4) is 0 Å². The third-order valence-corrected chi connectivity index (χ3v) is 4.36. The second-order valence-corrected chi connectivity index (χ2v) is 6.43. The van der Waals surface area contributed by atoms with E-state index in [1.807, 2.05) is 0 Å². The highest BCUT2D eigenvalue weighted by Gasteiger charge is 2.11. The van der Waals surface area contributed by atoms with Crippen LogP contribution in [0.1, 0.15) is 25.7 Å². The van der Waals surface area contributed by atoms with Crippen LogP contribution in [0, 0.1) is 0 Å². The second-order valence-electron chi connectivity index (χ2n) is 3.97. The standard InChI is InChI=1S/C11H17BrN2S/c12-10-4-5-11(15-10)14-8-6-9-3-1-2-7-13-9/h4-5,9,13-14H,1-3,6-8H2. The van der Waals surface area contributed by atoms with Crippen LogP contribution in [-0.4, -0.2) is 19.1 Å². The summed E-state index contributed by atoms with van der Waals surface area (Å²) in [5, 5.41) is 8.29. The molecule has 1 atom stereocenters. The lowest BCUT2D eigenvalue weighted by molar-refractivity contribution is 0.389. The monoisotopic (exact) mass is 288 g/mol. The van der Waals surface area contributed by atoms with Gasteiger partial charge in [-0.3, -0.25) is 0 Å². The SMILES string of the molecule is Brc1ccc(NCCC2CCCCN2)s1. The van der Waals surface area contributed by atoms with Gasteiger partial charge >= 0.3 is 0 Å². The molecule has 0 radical (unpaired) electrons. The van der Waals surface area contributed by atoms with E-state index < -0.39 is 0 Å². The van der Waals surface area contributed by atoms with Gasteiger partial charge in [0.2, 0.25) is 0 Å². The quantitative estimate of drug-likeness (QED) is 0.887. The Morgan fingerprint density at radius 1 is 1.47 bits per heavy atom.